The third-order valence-electron chi connectivity index (χ3n) is 4.22. The molecule has 1 atom stereocenters. The molecule has 1 unspecified atom stereocenters. The van der Waals surface area contributed by atoms with E-state index in [9.17, 15) is 9.59 Å². The van der Waals surface area contributed by atoms with E-state index in [-0.39, 0.29) is 23.3 Å². The van der Waals surface area contributed by atoms with Crippen LogP contribution in [0.25, 0.3) is 16.6 Å². The largest absolute Gasteiger partial charge is 0.353 e. The van der Waals surface area contributed by atoms with Crippen molar-refractivity contribution in [1.29, 1.82) is 0 Å². The van der Waals surface area contributed by atoms with Crippen LogP contribution in [0.3, 0.4) is 0 Å². The summed E-state index contributed by atoms with van der Waals surface area (Å²) in [6, 6.07) is 16.8. The molecule has 3 rings (SSSR count). The molecule has 0 aliphatic rings. The minimum absolute atomic E-state index is 0.0528. The zero-order valence-corrected chi connectivity index (χ0v) is 16.3. The van der Waals surface area contributed by atoms with E-state index in [0.29, 0.717) is 16.1 Å². The number of carbonyl (C=O) groups is 1. The number of rotatable bonds is 7. The number of fused-ring (bicyclic) bond motifs is 1. The van der Waals surface area contributed by atoms with Crippen molar-refractivity contribution in [2.24, 2.45) is 0 Å². The van der Waals surface area contributed by atoms with Crippen molar-refractivity contribution >= 4 is 28.6 Å². The smallest absolute Gasteiger partial charge is 0.266 e. The van der Waals surface area contributed by atoms with Gasteiger partial charge in [0.1, 0.15) is 0 Å². The van der Waals surface area contributed by atoms with Gasteiger partial charge in [-0.25, -0.2) is 4.98 Å². The SMILES string of the molecule is CCCC(C)NC(=O)CSc1nc2ccccc2c(=O)n1-c1ccccc1. The Hall–Kier alpha value is -2.60. The zero-order valence-electron chi connectivity index (χ0n) is 15.5. The highest BCUT2D eigenvalue weighted by molar-refractivity contribution is 7.99. The van der Waals surface area contributed by atoms with E-state index in [1.807, 2.05) is 55.5 Å². The van der Waals surface area contributed by atoms with E-state index in [2.05, 4.69) is 17.2 Å². The van der Waals surface area contributed by atoms with Gasteiger partial charge in [0.05, 0.1) is 22.3 Å². The number of hydrogen-bond donors (Lipinski definition) is 1. The molecule has 3 aromatic rings. The first-order valence-corrected chi connectivity index (χ1v) is 10.1. The fraction of sp³-hybridized carbons (Fsp3) is 0.286. The van der Waals surface area contributed by atoms with Crippen molar-refractivity contribution in [2.45, 2.75) is 37.9 Å². The summed E-state index contributed by atoms with van der Waals surface area (Å²) in [6.45, 7) is 4.09. The minimum Gasteiger partial charge on any atom is -0.353 e. The maximum absolute atomic E-state index is 13.1. The number of nitrogens with one attached hydrogen (secondary N) is 1. The minimum atomic E-state index is -0.131. The second kappa shape index (κ2) is 8.86. The molecular formula is C21H23N3O2S. The Morgan fingerprint density at radius 1 is 1.15 bits per heavy atom. The molecule has 1 N–H and O–H groups in total. The van der Waals surface area contributed by atoms with Crippen molar-refractivity contribution in [2.75, 3.05) is 5.75 Å². The molecule has 5 nitrogen and oxygen atoms in total. The Labute approximate surface area is 162 Å². The number of carbonyl (C=O) groups excluding carboxylic acids is 1. The lowest BCUT2D eigenvalue weighted by Crippen LogP contribution is -2.34. The summed E-state index contributed by atoms with van der Waals surface area (Å²) in [4.78, 5) is 30.0. The van der Waals surface area contributed by atoms with Gasteiger partial charge in [-0.2, -0.15) is 0 Å². The van der Waals surface area contributed by atoms with Crippen LogP contribution < -0.4 is 10.9 Å². The van der Waals surface area contributed by atoms with Crippen LogP contribution in [-0.2, 0) is 4.79 Å². The lowest BCUT2D eigenvalue weighted by atomic mass is 10.2. The summed E-state index contributed by atoms with van der Waals surface area (Å²) in [5.74, 6) is 0.161. The standard InChI is InChI=1S/C21H23N3O2S/c1-3-9-15(2)22-19(25)14-27-21-23-18-13-8-7-12-17(18)20(26)24(21)16-10-5-4-6-11-16/h4-8,10-13,15H,3,9,14H2,1-2H3,(H,22,25). The number of aromatic nitrogens is 2. The second-order valence-corrected chi connectivity index (χ2v) is 7.38. The summed E-state index contributed by atoms with van der Waals surface area (Å²) >= 11 is 1.28. The van der Waals surface area contributed by atoms with Crippen molar-refractivity contribution in [3.05, 3.63) is 65.0 Å². The van der Waals surface area contributed by atoms with E-state index in [1.165, 1.54) is 11.8 Å². The molecule has 0 spiro atoms. The Morgan fingerprint density at radius 3 is 2.59 bits per heavy atom. The molecule has 140 valence electrons. The molecule has 1 aromatic heterocycles. The summed E-state index contributed by atoms with van der Waals surface area (Å²) in [5, 5.41) is 4.07. The predicted octanol–water partition coefficient (Wildman–Crippen LogP) is 3.78. The van der Waals surface area contributed by atoms with Gasteiger partial charge < -0.3 is 5.32 Å². The van der Waals surface area contributed by atoms with Crippen LogP contribution in [-0.4, -0.2) is 27.3 Å². The highest BCUT2D eigenvalue weighted by atomic mass is 32.2. The van der Waals surface area contributed by atoms with Crippen LogP contribution in [0.1, 0.15) is 26.7 Å². The molecule has 2 aromatic carbocycles. The Kier molecular flexibility index (Phi) is 6.29. The second-order valence-electron chi connectivity index (χ2n) is 6.43. The van der Waals surface area contributed by atoms with Crippen LogP contribution >= 0.6 is 11.8 Å². The topological polar surface area (TPSA) is 64.0 Å². The average Bonchev–Trinajstić information content (AvgIpc) is 2.67. The van der Waals surface area contributed by atoms with Crippen molar-refractivity contribution in [3.63, 3.8) is 0 Å². The number of benzene rings is 2. The van der Waals surface area contributed by atoms with Gasteiger partial charge in [0.15, 0.2) is 5.16 Å². The van der Waals surface area contributed by atoms with Gasteiger partial charge in [0, 0.05) is 6.04 Å². The summed E-state index contributed by atoms with van der Waals surface area (Å²) in [5.41, 5.74) is 1.24. The number of hydrogen-bond acceptors (Lipinski definition) is 4. The molecule has 6 heteroatoms. The molecule has 0 aliphatic heterocycles. The third-order valence-corrected chi connectivity index (χ3v) is 5.16. The molecule has 0 saturated heterocycles. The van der Waals surface area contributed by atoms with Gasteiger partial charge in [-0.05, 0) is 37.6 Å². The fourth-order valence-corrected chi connectivity index (χ4v) is 3.79. The van der Waals surface area contributed by atoms with Crippen LogP contribution in [0, 0.1) is 0 Å². The van der Waals surface area contributed by atoms with E-state index in [1.54, 1.807) is 10.6 Å². The molecule has 1 amide bonds. The van der Waals surface area contributed by atoms with Gasteiger partial charge in [0.25, 0.3) is 5.56 Å². The van der Waals surface area contributed by atoms with Gasteiger partial charge >= 0.3 is 0 Å². The lowest BCUT2D eigenvalue weighted by Gasteiger charge is -2.15. The molecule has 0 radical (unpaired) electrons. The predicted molar refractivity (Wildman–Crippen MR) is 111 cm³/mol. The maximum atomic E-state index is 13.1. The van der Waals surface area contributed by atoms with Crippen molar-refractivity contribution in [3.8, 4) is 5.69 Å². The normalized spacial score (nSPS) is 12.1. The summed E-state index contributed by atoms with van der Waals surface area (Å²) < 4.78 is 1.58. The van der Waals surface area contributed by atoms with Crippen LogP contribution in [0.5, 0.6) is 0 Å². The molecule has 1 heterocycles. The van der Waals surface area contributed by atoms with Crippen LogP contribution in [0.4, 0.5) is 0 Å². The number of nitrogens with zero attached hydrogens (tertiary/aromatic N) is 2. The quantitative estimate of drug-likeness (QED) is 0.500. The Morgan fingerprint density at radius 2 is 1.85 bits per heavy atom. The van der Waals surface area contributed by atoms with Crippen LogP contribution in [0.2, 0.25) is 0 Å². The number of amides is 1. The summed E-state index contributed by atoms with van der Waals surface area (Å²) in [6.07, 6.45) is 1.97. The molecule has 0 saturated carbocycles. The molecule has 0 bridgehead atoms. The van der Waals surface area contributed by atoms with Crippen molar-refractivity contribution in [1.82, 2.24) is 14.9 Å². The van der Waals surface area contributed by atoms with Gasteiger partial charge in [-0.15, -0.1) is 0 Å². The van der Waals surface area contributed by atoms with E-state index in [0.717, 1.165) is 18.5 Å². The maximum Gasteiger partial charge on any atom is 0.266 e. The van der Waals surface area contributed by atoms with E-state index >= 15 is 0 Å². The molecule has 27 heavy (non-hydrogen) atoms. The van der Waals surface area contributed by atoms with Crippen molar-refractivity contribution < 1.29 is 4.79 Å². The van der Waals surface area contributed by atoms with E-state index in [4.69, 9.17) is 0 Å². The lowest BCUT2D eigenvalue weighted by molar-refractivity contribution is -0.119. The Balaban J connectivity index is 1.94. The first-order chi connectivity index (χ1) is 13.1. The number of thioether (sulfide) groups is 1. The summed E-state index contributed by atoms with van der Waals surface area (Å²) in [7, 11) is 0. The Bertz CT molecular complexity index is 986. The average molecular weight is 382 g/mol. The first kappa shape index (κ1) is 19.2. The molecule has 0 fully saturated rings. The first-order valence-electron chi connectivity index (χ1n) is 9.09. The third kappa shape index (κ3) is 4.57. The van der Waals surface area contributed by atoms with E-state index < -0.39 is 0 Å². The molecular weight excluding hydrogens is 358 g/mol. The van der Waals surface area contributed by atoms with Gasteiger partial charge in [-0.3, -0.25) is 14.2 Å². The highest BCUT2D eigenvalue weighted by Crippen LogP contribution is 2.21. The monoisotopic (exact) mass is 381 g/mol. The fourth-order valence-electron chi connectivity index (χ4n) is 2.97. The van der Waals surface area contributed by atoms with Gasteiger partial charge in [-0.1, -0.05) is 55.4 Å². The van der Waals surface area contributed by atoms with Crippen LogP contribution in [0.15, 0.2) is 64.5 Å². The zero-order chi connectivity index (χ0) is 19.2. The molecule has 0 aliphatic carbocycles. The van der Waals surface area contributed by atoms with Gasteiger partial charge in [0.2, 0.25) is 5.91 Å². The number of para-hydroxylation sites is 2. The highest BCUT2D eigenvalue weighted by Gasteiger charge is 2.15.